The highest BCUT2D eigenvalue weighted by atomic mass is 32.2. The van der Waals surface area contributed by atoms with Gasteiger partial charge in [0.25, 0.3) is 5.91 Å². The van der Waals surface area contributed by atoms with Crippen molar-refractivity contribution in [2.24, 2.45) is 0 Å². The average molecular weight is 429 g/mol. The first-order valence-corrected chi connectivity index (χ1v) is 11.7. The number of carbonyl (C=O) groups excluding carboxylic acids is 1. The van der Waals surface area contributed by atoms with Crippen LogP contribution in [0.5, 0.6) is 0 Å². The van der Waals surface area contributed by atoms with E-state index in [1.54, 1.807) is 18.2 Å². The summed E-state index contributed by atoms with van der Waals surface area (Å²) in [5.41, 5.74) is 3.39. The van der Waals surface area contributed by atoms with Crippen LogP contribution in [0, 0.1) is 0 Å². The van der Waals surface area contributed by atoms with Crippen LogP contribution in [-0.2, 0) is 16.4 Å². The summed E-state index contributed by atoms with van der Waals surface area (Å²) in [4.78, 5) is 20.2. The Labute approximate surface area is 172 Å². The van der Waals surface area contributed by atoms with Gasteiger partial charge in [-0.2, -0.15) is 0 Å². The average Bonchev–Trinajstić information content (AvgIpc) is 3.23. The largest absolute Gasteiger partial charge is 0.361 e. The number of H-pyrrole nitrogens is 1. The number of nitrogens with one attached hydrogen (secondary N) is 3. The number of rotatable bonds is 6. The van der Waals surface area contributed by atoms with Gasteiger partial charge < -0.3 is 10.3 Å². The molecule has 0 spiro atoms. The van der Waals surface area contributed by atoms with E-state index < -0.39 is 10.0 Å². The summed E-state index contributed by atoms with van der Waals surface area (Å²) in [5.74, 6) is -0.176. The number of para-hydroxylation sites is 1. The molecule has 2 aromatic carbocycles. The van der Waals surface area contributed by atoms with Crippen LogP contribution in [0.15, 0.2) is 48.7 Å². The second-order valence-electron chi connectivity index (χ2n) is 7.01. The van der Waals surface area contributed by atoms with Gasteiger partial charge in [-0.1, -0.05) is 29.5 Å². The first kappa shape index (κ1) is 19.4. The van der Waals surface area contributed by atoms with Gasteiger partial charge in [-0.25, -0.2) is 13.4 Å². The second-order valence-corrected chi connectivity index (χ2v) is 9.79. The Morgan fingerprint density at radius 1 is 1.24 bits per heavy atom. The van der Waals surface area contributed by atoms with E-state index in [1.807, 2.05) is 31.3 Å². The van der Waals surface area contributed by atoms with Crippen molar-refractivity contribution >= 4 is 53.5 Å². The number of fused-ring (bicyclic) bond motifs is 2. The fourth-order valence-corrected chi connectivity index (χ4v) is 5.00. The zero-order valence-corrected chi connectivity index (χ0v) is 17.5. The lowest BCUT2D eigenvalue weighted by atomic mass is 10.1. The Morgan fingerprint density at radius 3 is 2.83 bits per heavy atom. The van der Waals surface area contributed by atoms with E-state index in [0.29, 0.717) is 17.5 Å². The summed E-state index contributed by atoms with van der Waals surface area (Å²) in [5, 5.41) is 4.47. The molecule has 0 unspecified atom stereocenters. The first-order chi connectivity index (χ1) is 13.8. The van der Waals surface area contributed by atoms with Crippen molar-refractivity contribution in [1.82, 2.24) is 15.3 Å². The predicted molar refractivity (Wildman–Crippen MR) is 117 cm³/mol. The molecule has 2 heterocycles. The highest BCUT2D eigenvalue weighted by Crippen LogP contribution is 2.27. The molecule has 4 rings (SSSR count). The first-order valence-electron chi connectivity index (χ1n) is 9.03. The normalized spacial score (nSPS) is 12.9. The molecule has 0 aliphatic heterocycles. The maximum absolute atomic E-state index is 12.7. The fourth-order valence-electron chi connectivity index (χ4n) is 3.26. The molecule has 7 nitrogen and oxygen atoms in total. The van der Waals surface area contributed by atoms with Crippen molar-refractivity contribution < 1.29 is 13.2 Å². The molecule has 0 radical (unpaired) electrons. The minimum absolute atomic E-state index is 0.0543. The number of anilines is 1. The molecule has 4 aromatic rings. The summed E-state index contributed by atoms with van der Waals surface area (Å²) in [7, 11) is -3.39. The highest BCUT2D eigenvalue weighted by Gasteiger charge is 2.15. The van der Waals surface area contributed by atoms with Gasteiger partial charge in [-0.3, -0.25) is 9.52 Å². The molecule has 150 valence electrons. The molecule has 0 aliphatic carbocycles. The SMILES string of the molecule is C[C@H](Cc1c[nH]c2ccccc12)NC(=O)c1ccc2nc(NS(C)(=O)=O)sc2c1. The van der Waals surface area contributed by atoms with E-state index in [0.717, 1.165) is 27.4 Å². The zero-order chi connectivity index (χ0) is 20.6. The Hall–Kier alpha value is -2.91. The number of nitrogens with zero attached hydrogens (tertiary/aromatic N) is 1. The molecular formula is C20H20N4O3S2. The third-order valence-electron chi connectivity index (χ3n) is 4.50. The summed E-state index contributed by atoms with van der Waals surface area (Å²) < 4.78 is 25.9. The van der Waals surface area contributed by atoms with Crippen molar-refractivity contribution in [2.75, 3.05) is 11.0 Å². The number of sulfonamides is 1. The van der Waals surface area contributed by atoms with E-state index in [9.17, 15) is 13.2 Å². The Bertz CT molecular complexity index is 1310. The van der Waals surface area contributed by atoms with Crippen molar-refractivity contribution in [1.29, 1.82) is 0 Å². The maximum atomic E-state index is 12.7. The molecule has 0 saturated heterocycles. The van der Waals surface area contributed by atoms with Crippen LogP contribution >= 0.6 is 11.3 Å². The second kappa shape index (κ2) is 7.49. The van der Waals surface area contributed by atoms with E-state index in [4.69, 9.17) is 0 Å². The molecule has 1 amide bonds. The van der Waals surface area contributed by atoms with Crippen LogP contribution in [0.25, 0.3) is 21.1 Å². The lowest BCUT2D eigenvalue weighted by Crippen LogP contribution is -2.34. The summed E-state index contributed by atoms with van der Waals surface area (Å²) in [6.07, 6.45) is 3.76. The van der Waals surface area contributed by atoms with Crippen LogP contribution in [0.4, 0.5) is 5.13 Å². The highest BCUT2D eigenvalue weighted by molar-refractivity contribution is 7.92. The standard InChI is InChI=1S/C20H20N4O3S2/c1-12(9-14-11-21-16-6-4-3-5-15(14)16)22-19(25)13-7-8-17-18(10-13)28-20(23-17)24-29(2,26)27/h3-8,10-12,21H,9H2,1-2H3,(H,22,25)(H,23,24)/t12-/m1/s1. The number of aromatic amines is 1. The maximum Gasteiger partial charge on any atom is 0.251 e. The van der Waals surface area contributed by atoms with Gasteiger partial charge in [0.05, 0.1) is 16.5 Å². The van der Waals surface area contributed by atoms with Crippen molar-refractivity contribution in [3.05, 3.63) is 59.8 Å². The Balaban J connectivity index is 1.48. The fraction of sp³-hybridized carbons (Fsp3) is 0.200. The van der Waals surface area contributed by atoms with Crippen LogP contribution in [0.1, 0.15) is 22.8 Å². The number of hydrogen-bond donors (Lipinski definition) is 3. The molecule has 0 saturated carbocycles. The molecule has 2 aromatic heterocycles. The quantitative estimate of drug-likeness (QED) is 0.437. The molecule has 29 heavy (non-hydrogen) atoms. The number of benzene rings is 2. The molecule has 0 aliphatic rings. The van der Waals surface area contributed by atoms with Gasteiger partial charge in [-0.05, 0) is 43.2 Å². The molecule has 9 heteroatoms. The molecular weight excluding hydrogens is 408 g/mol. The molecule has 1 atom stereocenters. The van der Waals surface area contributed by atoms with Gasteiger partial charge in [0.15, 0.2) is 5.13 Å². The van der Waals surface area contributed by atoms with E-state index in [2.05, 4.69) is 26.1 Å². The summed E-state index contributed by atoms with van der Waals surface area (Å²) >= 11 is 1.19. The van der Waals surface area contributed by atoms with E-state index >= 15 is 0 Å². The van der Waals surface area contributed by atoms with Crippen molar-refractivity contribution in [3.63, 3.8) is 0 Å². The van der Waals surface area contributed by atoms with Crippen LogP contribution in [-0.4, -0.2) is 36.6 Å². The van der Waals surface area contributed by atoms with Gasteiger partial charge in [0.2, 0.25) is 10.0 Å². The Kier molecular flexibility index (Phi) is 5.01. The zero-order valence-electron chi connectivity index (χ0n) is 15.9. The smallest absolute Gasteiger partial charge is 0.251 e. The van der Waals surface area contributed by atoms with Crippen molar-refractivity contribution in [3.8, 4) is 0 Å². The minimum Gasteiger partial charge on any atom is -0.361 e. The molecule has 3 N–H and O–H groups in total. The third-order valence-corrected chi connectivity index (χ3v) is 6.13. The Morgan fingerprint density at radius 2 is 2.03 bits per heavy atom. The van der Waals surface area contributed by atoms with E-state index in [1.165, 1.54) is 11.3 Å². The molecule has 0 fully saturated rings. The van der Waals surface area contributed by atoms with Crippen LogP contribution in [0.2, 0.25) is 0 Å². The summed E-state index contributed by atoms with van der Waals surface area (Å²) in [6, 6.07) is 13.2. The van der Waals surface area contributed by atoms with Gasteiger partial charge in [-0.15, -0.1) is 0 Å². The number of hydrogen-bond acceptors (Lipinski definition) is 5. The summed E-state index contributed by atoms with van der Waals surface area (Å²) in [6.45, 7) is 1.97. The number of amides is 1. The number of carbonyl (C=O) groups is 1. The van der Waals surface area contributed by atoms with Crippen LogP contribution in [0.3, 0.4) is 0 Å². The third kappa shape index (κ3) is 4.41. The topological polar surface area (TPSA) is 104 Å². The lowest BCUT2D eigenvalue weighted by molar-refractivity contribution is 0.0940. The van der Waals surface area contributed by atoms with Crippen LogP contribution < -0.4 is 10.0 Å². The number of thiazole rings is 1. The lowest BCUT2D eigenvalue weighted by Gasteiger charge is -2.13. The van der Waals surface area contributed by atoms with Gasteiger partial charge in [0, 0.05) is 28.7 Å². The van der Waals surface area contributed by atoms with Gasteiger partial charge >= 0.3 is 0 Å². The predicted octanol–water partition coefficient (Wildman–Crippen LogP) is 3.51. The van der Waals surface area contributed by atoms with E-state index in [-0.39, 0.29) is 17.1 Å². The minimum atomic E-state index is -3.39. The van der Waals surface area contributed by atoms with Crippen molar-refractivity contribution in [2.45, 2.75) is 19.4 Å². The van der Waals surface area contributed by atoms with Gasteiger partial charge in [0.1, 0.15) is 0 Å². The molecule has 0 bridgehead atoms. The monoisotopic (exact) mass is 428 g/mol. The number of aromatic nitrogens is 2.